The minimum Gasteiger partial charge on any atom is -0.354 e. The molecule has 1 aliphatic heterocycles. The first-order valence-corrected chi connectivity index (χ1v) is 8.06. The highest BCUT2D eigenvalue weighted by atomic mass is 32.2. The van der Waals surface area contributed by atoms with E-state index in [1.807, 2.05) is 42.1 Å². The van der Waals surface area contributed by atoms with Crippen molar-refractivity contribution in [1.29, 1.82) is 0 Å². The van der Waals surface area contributed by atoms with Crippen LogP contribution in [0.5, 0.6) is 0 Å². The largest absolute Gasteiger partial charge is 0.354 e. The van der Waals surface area contributed by atoms with Gasteiger partial charge in [-0.2, -0.15) is 11.8 Å². The summed E-state index contributed by atoms with van der Waals surface area (Å²) in [7, 11) is 0. The molecule has 1 unspecified atom stereocenters. The third-order valence-corrected chi connectivity index (χ3v) is 4.59. The van der Waals surface area contributed by atoms with Crippen molar-refractivity contribution in [3.63, 3.8) is 0 Å². The predicted molar refractivity (Wildman–Crippen MR) is 81.2 cm³/mol. The number of hydrogen-bond donors (Lipinski definition) is 2. The molecule has 1 heterocycles. The van der Waals surface area contributed by atoms with E-state index in [9.17, 15) is 4.79 Å². The zero-order valence-corrected chi connectivity index (χ0v) is 12.0. The van der Waals surface area contributed by atoms with Gasteiger partial charge in [-0.3, -0.25) is 4.79 Å². The highest BCUT2D eigenvalue weighted by molar-refractivity contribution is 7.99. The van der Waals surface area contributed by atoms with Crippen LogP contribution in [0.4, 0.5) is 0 Å². The Kier molecular flexibility index (Phi) is 5.73. The third kappa shape index (κ3) is 4.88. The molecule has 1 saturated heterocycles. The lowest BCUT2D eigenvalue weighted by molar-refractivity contribution is -0.122. The number of carbonyl (C=O) groups excluding carboxylic acids is 1. The molecule has 104 valence electrons. The smallest absolute Gasteiger partial charge is 0.237 e. The van der Waals surface area contributed by atoms with Crippen LogP contribution < -0.4 is 11.1 Å². The van der Waals surface area contributed by atoms with Crippen molar-refractivity contribution in [2.24, 2.45) is 11.7 Å². The van der Waals surface area contributed by atoms with E-state index in [0.717, 1.165) is 12.1 Å². The average Bonchev–Trinajstić information content (AvgIpc) is 2.47. The van der Waals surface area contributed by atoms with E-state index in [1.165, 1.54) is 24.3 Å². The molecule has 3 nitrogen and oxygen atoms in total. The molecule has 1 aromatic rings. The predicted octanol–water partition coefficient (Wildman–Crippen LogP) is 1.82. The van der Waals surface area contributed by atoms with Crippen LogP contribution in [0.3, 0.4) is 0 Å². The van der Waals surface area contributed by atoms with E-state index in [2.05, 4.69) is 5.32 Å². The molecule has 0 bridgehead atoms. The molecule has 0 aliphatic carbocycles. The lowest BCUT2D eigenvalue weighted by Gasteiger charge is -2.22. The van der Waals surface area contributed by atoms with Crippen LogP contribution in [-0.2, 0) is 11.2 Å². The van der Waals surface area contributed by atoms with Crippen molar-refractivity contribution in [3.05, 3.63) is 35.9 Å². The third-order valence-electron chi connectivity index (χ3n) is 3.54. The Morgan fingerprint density at radius 1 is 1.32 bits per heavy atom. The maximum absolute atomic E-state index is 11.9. The van der Waals surface area contributed by atoms with Gasteiger partial charge in [0, 0.05) is 6.54 Å². The van der Waals surface area contributed by atoms with Crippen molar-refractivity contribution in [2.45, 2.75) is 25.3 Å². The summed E-state index contributed by atoms with van der Waals surface area (Å²) in [5.41, 5.74) is 7.06. The SMILES string of the molecule is NC(Cc1ccccc1)C(=O)NCC1CCSCC1. The summed E-state index contributed by atoms with van der Waals surface area (Å²) in [5.74, 6) is 3.05. The number of carbonyl (C=O) groups is 1. The number of amides is 1. The Balaban J connectivity index is 1.73. The van der Waals surface area contributed by atoms with Crippen LogP contribution in [-0.4, -0.2) is 30.0 Å². The quantitative estimate of drug-likeness (QED) is 0.864. The van der Waals surface area contributed by atoms with E-state index in [-0.39, 0.29) is 5.91 Å². The molecule has 1 aliphatic rings. The first-order chi connectivity index (χ1) is 9.25. The molecule has 0 aromatic heterocycles. The van der Waals surface area contributed by atoms with Crippen molar-refractivity contribution in [1.82, 2.24) is 5.32 Å². The molecule has 0 saturated carbocycles. The molecule has 0 radical (unpaired) electrons. The van der Waals surface area contributed by atoms with Gasteiger partial charge >= 0.3 is 0 Å². The van der Waals surface area contributed by atoms with Gasteiger partial charge in [-0.15, -0.1) is 0 Å². The Hall–Kier alpha value is -1.00. The van der Waals surface area contributed by atoms with Crippen LogP contribution in [0.25, 0.3) is 0 Å². The number of hydrogen-bond acceptors (Lipinski definition) is 3. The average molecular weight is 278 g/mol. The zero-order chi connectivity index (χ0) is 13.5. The van der Waals surface area contributed by atoms with Crippen LogP contribution >= 0.6 is 11.8 Å². The standard InChI is InChI=1S/C15H22N2OS/c16-14(10-12-4-2-1-3-5-12)15(18)17-11-13-6-8-19-9-7-13/h1-5,13-14H,6-11,16H2,(H,17,18). The maximum Gasteiger partial charge on any atom is 0.237 e. The van der Waals surface area contributed by atoms with Crippen molar-refractivity contribution in [2.75, 3.05) is 18.1 Å². The summed E-state index contributed by atoms with van der Waals surface area (Å²) >= 11 is 2.00. The molecule has 1 aromatic carbocycles. The molecule has 1 fully saturated rings. The molecule has 2 rings (SSSR count). The summed E-state index contributed by atoms with van der Waals surface area (Å²) in [5, 5.41) is 3.00. The summed E-state index contributed by atoms with van der Waals surface area (Å²) in [6, 6.07) is 9.48. The van der Waals surface area contributed by atoms with Gasteiger partial charge in [0.2, 0.25) is 5.91 Å². The highest BCUT2D eigenvalue weighted by Gasteiger charge is 2.17. The molecular weight excluding hydrogens is 256 g/mol. The Morgan fingerprint density at radius 2 is 2.00 bits per heavy atom. The normalized spacial score (nSPS) is 17.9. The number of nitrogens with two attached hydrogens (primary N) is 1. The van der Waals surface area contributed by atoms with Gasteiger partial charge in [0.25, 0.3) is 0 Å². The van der Waals surface area contributed by atoms with E-state index in [0.29, 0.717) is 12.3 Å². The summed E-state index contributed by atoms with van der Waals surface area (Å²) in [4.78, 5) is 11.9. The van der Waals surface area contributed by atoms with Crippen LogP contribution in [0, 0.1) is 5.92 Å². The van der Waals surface area contributed by atoms with E-state index < -0.39 is 6.04 Å². The fraction of sp³-hybridized carbons (Fsp3) is 0.533. The number of nitrogens with one attached hydrogen (secondary N) is 1. The fourth-order valence-electron chi connectivity index (χ4n) is 2.29. The van der Waals surface area contributed by atoms with Crippen LogP contribution in [0.1, 0.15) is 18.4 Å². The highest BCUT2D eigenvalue weighted by Crippen LogP contribution is 2.21. The summed E-state index contributed by atoms with van der Waals surface area (Å²) < 4.78 is 0. The molecule has 4 heteroatoms. The van der Waals surface area contributed by atoms with Gasteiger partial charge in [-0.1, -0.05) is 30.3 Å². The topological polar surface area (TPSA) is 55.1 Å². The molecule has 0 spiro atoms. The van der Waals surface area contributed by atoms with Gasteiger partial charge in [0.15, 0.2) is 0 Å². The fourth-order valence-corrected chi connectivity index (χ4v) is 3.49. The van der Waals surface area contributed by atoms with Gasteiger partial charge < -0.3 is 11.1 Å². The minimum absolute atomic E-state index is 0.0259. The van der Waals surface area contributed by atoms with Gasteiger partial charge in [-0.25, -0.2) is 0 Å². The van der Waals surface area contributed by atoms with Gasteiger partial charge in [0.1, 0.15) is 0 Å². The molecule has 3 N–H and O–H groups in total. The molecule has 1 amide bonds. The maximum atomic E-state index is 11.9. The summed E-state index contributed by atoms with van der Waals surface area (Å²) in [6.45, 7) is 0.780. The Labute approximate surface area is 119 Å². The van der Waals surface area contributed by atoms with Crippen molar-refractivity contribution in [3.8, 4) is 0 Å². The Bertz CT molecular complexity index is 390. The number of thioether (sulfide) groups is 1. The second-order valence-corrected chi connectivity index (χ2v) is 6.32. The van der Waals surface area contributed by atoms with E-state index in [4.69, 9.17) is 5.73 Å². The minimum atomic E-state index is -0.444. The van der Waals surface area contributed by atoms with E-state index >= 15 is 0 Å². The van der Waals surface area contributed by atoms with E-state index in [1.54, 1.807) is 0 Å². The van der Waals surface area contributed by atoms with Gasteiger partial charge in [-0.05, 0) is 42.2 Å². The zero-order valence-electron chi connectivity index (χ0n) is 11.2. The first-order valence-electron chi connectivity index (χ1n) is 6.90. The Morgan fingerprint density at radius 3 is 2.68 bits per heavy atom. The van der Waals surface area contributed by atoms with Gasteiger partial charge in [0.05, 0.1) is 6.04 Å². The van der Waals surface area contributed by atoms with Crippen molar-refractivity contribution >= 4 is 17.7 Å². The summed E-state index contributed by atoms with van der Waals surface area (Å²) in [6.07, 6.45) is 3.02. The number of rotatable bonds is 5. The lowest BCUT2D eigenvalue weighted by atomic mass is 10.0. The lowest BCUT2D eigenvalue weighted by Crippen LogP contribution is -2.44. The monoisotopic (exact) mass is 278 g/mol. The van der Waals surface area contributed by atoms with Crippen molar-refractivity contribution < 1.29 is 4.79 Å². The molecule has 1 atom stereocenters. The van der Waals surface area contributed by atoms with Crippen LogP contribution in [0.15, 0.2) is 30.3 Å². The second-order valence-electron chi connectivity index (χ2n) is 5.10. The molecule has 19 heavy (non-hydrogen) atoms. The number of benzene rings is 1. The first kappa shape index (κ1) is 14.4. The van der Waals surface area contributed by atoms with Crippen LogP contribution in [0.2, 0.25) is 0 Å². The second kappa shape index (κ2) is 7.56. The molecular formula is C15H22N2OS.